The maximum Gasteiger partial charge on any atom is 0.255 e. The molecule has 0 atom stereocenters. The van der Waals surface area contributed by atoms with Crippen molar-refractivity contribution >= 4 is 29.3 Å². The molecule has 21 heavy (non-hydrogen) atoms. The number of carbonyl (C=O) groups is 1. The van der Waals surface area contributed by atoms with Crippen LogP contribution in [0.1, 0.15) is 29.8 Å². The molecule has 0 saturated carbocycles. The molecule has 0 aliphatic rings. The van der Waals surface area contributed by atoms with Crippen molar-refractivity contribution in [2.75, 3.05) is 5.32 Å². The van der Waals surface area contributed by atoms with Crippen molar-refractivity contribution in [2.45, 2.75) is 13.8 Å². The molecule has 0 spiro atoms. The standard InChI is InChI=1S/C17H17ClN2O/c1-12(2)3-4-13-5-7-14(8-6-13)17(21)20-15-9-10-19-16(18)11-15/h3-12H,1-2H3,(H,19,20,21). The summed E-state index contributed by atoms with van der Waals surface area (Å²) in [6.07, 6.45) is 5.72. The van der Waals surface area contributed by atoms with Gasteiger partial charge >= 0.3 is 0 Å². The highest BCUT2D eigenvalue weighted by atomic mass is 35.5. The fraction of sp³-hybridized carbons (Fsp3) is 0.176. The van der Waals surface area contributed by atoms with E-state index in [1.165, 1.54) is 0 Å². The Kier molecular flexibility index (Phi) is 5.12. The van der Waals surface area contributed by atoms with Gasteiger partial charge in [0.1, 0.15) is 5.15 Å². The van der Waals surface area contributed by atoms with Gasteiger partial charge in [-0.2, -0.15) is 0 Å². The molecule has 0 radical (unpaired) electrons. The number of rotatable bonds is 4. The summed E-state index contributed by atoms with van der Waals surface area (Å²) in [5, 5.41) is 3.14. The quantitative estimate of drug-likeness (QED) is 0.835. The van der Waals surface area contributed by atoms with Gasteiger partial charge in [0.05, 0.1) is 0 Å². The highest BCUT2D eigenvalue weighted by molar-refractivity contribution is 6.29. The predicted molar refractivity (Wildman–Crippen MR) is 87.5 cm³/mol. The molecular weight excluding hydrogens is 284 g/mol. The maximum atomic E-state index is 12.1. The molecule has 0 unspecified atom stereocenters. The van der Waals surface area contributed by atoms with Gasteiger partial charge in [-0.25, -0.2) is 4.98 Å². The minimum absolute atomic E-state index is 0.170. The van der Waals surface area contributed by atoms with Gasteiger partial charge in [-0.3, -0.25) is 4.79 Å². The van der Waals surface area contributed by atoms with Gasteiger partial charge in [0.2, 0.25) is 0 Å². The molecule has 1 N–H and O–H groups in total. The molecule has 0 aliphatic heterocycles. The first kappa shape index (κ1) is 15.3. The summed E-state index contributed by atoms with van der Waals surface area (Å²) in [7, 11) is 0. The highest BCUT2D eigenvalue weighted by Crippen LogP contribution is 2.14. The Morgan fingerprint density at radius 3 is 2.57 bits per heavy atom. The van der Waals surface area contributed by atoms with E-state index in [0.717, 1.165) is 5.56 Å². The maximum absolute atomic E-state index is 12.1. The van der Waals surface area contributed by atoms with Crippen LogP contribution in [0.5, 0.6) is 0 Å². The average Bonchev–Trinajstić information content (AvgIpc) is 2.45. The Labute approximate surface area is 129 Å². The number of nitrogens with zero attached hydrogens (tertiary/aromatic N) is 1. The summed E-state index contributed by atoms with van der Waals surface area (Å²) < 4.78 is 0. The number of benzene rings is 1. The van der Waals surface area contributed by atoms with E-state index in [0.29, 0.717) is 22.3 Å². The number of pyridine rings is 1. The fourth-order valence-electron chi connectivity index (χ4n) is 1.73. The molecule has 3 nitrogen and oxygen atoms in total. The zero-order chi connectivity index (χ0) is 15.2. The lowest BCUT2D eigenvalue weighted by Gasteiger charge is -2.05. The number of hydrogen-bond donors (Lipinski definition) is 1. The lowest BCUT2D eigenvalue weighted by atomic mass is 10.1. The SMILES string of the molecule is CC(C)C=Cc1ccc(C(=O)Nc2ccnc(Cl)c2)cc1. The Bertz CT molecular complexity index is 648. The number of aromatic nitrogens is 1. The lowest BCUT2D eigenvalue weighted by molar-refractivity contribution is 0.102. The molecule has 0 fully saturated rings. The van der Waals surface area contributed by atoms with Crippen LogP contribution in [0.4, 0.5) is 5.69 Å². The number of carbonyl (C=O) groups excluding carboxylic acids is 1. The molecule has 1 amide bonds. The second-order valence-electron chi connectivity index (χ2n) is 5.05. The summed E-state index contributed by atoms with van der Waals surface area (Å²) in [5.74, 6) is 0.334. The first-order valence-corrected chi connectivity index (χ1v) is 7.13. The van der Waals surface area contributed by atoms with Crippen molar-refractivity contribution in [1.82, 2.24) is 4.98 Å². The minimum Gasteiger partial charge on any atom is -0.322 e. The number of allylic oxidation sites excluding steroid dienone is 1. The molecule has 1 aromatic heterocycles. The van der Waals surface area contributed by atoms with E-state index in [1.54, 1.807) is 30.5 Å². The minimum atomic E-state index is -0.170. The van der Waals surface area contributed by atoms with Gasteiger partial charge in [-0.05, 0) is 35.7 Å². The van der Waals surface area contributed by atoms with Crippen molar-refractivity contribution in [2.24, 2.45) is 5.92 Å². The van der Waals surface area contributed by atoms with Crippen molar-refractivity contribution in [1.29, 1.82) is 0 Å². The number of anilines is 1. The normalized spacial score (nSPS) is 11.0. The lowest BCUT2D eigenvalue weighted by Crippen LogP contribution is -2.11. The van der Waals surface area contributed by atoms with Crippen LogP contribution in [0.15, 0.2) is 48.7 Å². The molecular formula is C17H17ClN2O. The van der Waals surface area contributed by atoms with Crippen LogP contribution in [0, 0.1) is 5.92 Å². The van der Waals surface area contributed by atoms with E-state index in [-0.39, 0.29) is 5.91 Å². The van der Waals surface area contributed by atoms with Gasteiger partial charge in [0.15, 0.2) is 0 Å². The predicted octanol–water partition coefficient (Wildman–Crippen LogP) is 4.66. The summed E-state index contributed by atoms with van der Waals surface area (Å²) in [6, 6.07) is 10.8. The summed E-state index contributed by atoms with van der Waals surface area (Å²) in [5.41, 5.74) is 2.31. The van der Waals surface area contributed by atoms with Gasteiger partial charge in [0.25, 0.3) is 5.91 Å². The zero-order valence-electron chi connectivity index (χ0n) is 12.0. The summed E-state index contributed by atoms with van der Waals surface area (Å²) in [4.78, 5) is 16.0. The smallest absolute Gasteiger partial charge is 0.255 e. The Morgan fingerprint density at radius 2 is 1.95 bits per heavy atom. The highest BCUT2D eigenvalue weighted by Gasteiger charge is 2.06. The molecule has 108 valence electrons. The monoisotopic (exact) mass is 300 g/mol. The number of nitrogens with one attached hydrogen (secondary N) is 1. The van der Waals surface area contributed by atoms with Crippen LogP contribution < -0.4 is 5.32 Å². The zero-order valence-corrected chi connectivity index (χ0v) is 12.8. The van der Waals surface area contributed by atoms with Gasteiger partial charge in [0, 0.05) is 17.4 Å². The van der Waals surface area contributed by atoms with E-state index in [4.69, 9.17) is 11.6 Å². The van der Waals surface area contributed by atoms with E-state index in [2.05, 4.69) is 36.3 Å². The van der Waals surface area contributed by atoms with Crippen LogP contribution >= 0.6 is 11.6 Å². The number of hydrogen-bond acceptors (Lipinski definition) is 2. The van der Waals surface area contributed by atoms with E-state index < -0.39 is 0 Å². The summed E-state index contributed by atoms with van der Waals surface area (Å²) in [6.45, 7) is 4.25. The Balaban J connectivity index is 2.06. The molecule has 2 aromatic rings. The van der Waals surface area contributed by atoms with Crippen molar-refractivity contribution in [3.63, 3.8) is 0 Å². The molecule has 1 aromatic carbocycles. The second kappa shape index (κ2) is 7.04. The molecule has 2 rings (SSSR count). The summed E-state index contributed by atoms with van der Waals surface area (Å²) >= 11 is 5.79. The third-order valence-corrected chi connectivity index (χ3v) is 3.04. The largest absolute Gasteiger partial charge is 0.322 e. The Hall–Kier alpha value is -2.13. The van der Waals surface area contributed by atoms with Crippen LogP contribution in [0.3, 0.4) is 0 Å². The average molecular weight is 301 g/mol. The number of amides is 1. The van der Waals surface area contributed by atoms with E-state index >= 15 is 0 Å². The molecule has 0 bridgehead atoms. The third kappa shape index (κ3) is 4.72. The molecule has 0 aliphatic carbocycles. The first-order valence-electron chi connectivity index (χ1n) is 6.76. The Morgan fingerprint density at radius 1 is 1.24 bits per heavy atom. The van der Waals surface area contributed by atoms with E-state index in [9.17, 15) is 4.79 Å². The second-order valence-corrected chi connectivity index (χ2v) is 5.43. The van der Waals surface area contributed by atoms with Crippen molar-refractivity contribution in [3.8, 4) is 0 Å². The van der Waals surface area contributed by atoms with Gasteiger partial charge < -0.3 is 5.32 Å². The van der Waals surface area contributed by atoms with E-state index in [1.807, 2.05) is 12.1 Å². The third-order valence-electron chi connectivity index (χ3n) is 2.83. The van der Waals surface area contributed by atoms with Gasteiger partial charge in [-0.1, -0.05) is 49.7 Å². The molecule has 4 heteroatoms. The molecule has 0 saturated heterocycles. The van der Waals surface area contributed by atoms with Crippen molar-refractivity contribution < 1.29 is 4.79 Å². The van der Waals surface area contributed by atoms with Gasteiger partial charge in [-0.15, -0.1) is 0 Å². The van der Waals surface area contributed by atoms with Crippen LogP contribution in [-0.4, -0.2) is 10.9 Å². The van der Waals surface area contributed by atoms with Crippen LogP contribution in [0.25, 0.3) is 6.08 Å². The molecule has 1 heterocycles. The topological polar surface area (TPSA) is 42.0 Å². The van der Waals surface area contributed by atoms with Crippen molar-refractivity contribution in [3.05, 3.63) is 65.0 Å². The fourth-order valence-corrected chi connectivity index (χ4v) is 1.91. The first-order chi connectivity index (χ1) is 10.0. The van der Waals surface area contributed by atoms with Crippen LogP contribution in [0.2, 0.25) is 5.15 Å². The number of halogens is 1. The van der Waals surface area contributed by atoms with Crippen LogP contribution in [-0.2, 0) is 0 Å².